The normalized spacial score (nSPS) is 11.8. The first kappa shape index (κ1) is 15.5. The number of rotatable bonds is 3. The smallest absolute Gasteiger partial charge is 0.331 e. The standard InChI is InChI=1S/C13H13Cl2NO3/c1-6-4-10(15)11(5-9(6)14)16-12(17)7(2)8(3)13(18)19/h4-5H,1-3H3,(H,16,17)(H,18,19)/b8-7+. The van der Waals surface area contributed by atoms with Gasteiger partial charge in [0.1, 0.15) is 0 Å². The summed E-state index contributed by atoms with van der Waals surface area (Å²) in [4.78, 5) is 22.7. The molecule has 102 valence electrons. The number of nitrogens with one attached hydrogen (secondary N) is 1. The maximum absolute atomic E-state index is 11.9. The van der Waals surface area contributed by atoms with E-state index < -0.39 is 11.9 Å². The van der Waals surface area contributed by atoms with Crippen molar-refractivity contribution in [2.75, 3.05) is 5.32 Å². The molecule has 0 fully saturated rings. The second kappa shape index (κ2) is 6.08. The third-order valence-electron chi connectivity index (χ3n) is 2.72. The quantitative estimate of drug-likeness (QED) is 0.837. The summed E-state index contributed by atoms with van der Waals surface area (Å²) in [7, 11) is 0. The van der Waals surface area contributed by atoms with E-state index >= 15 is 0 Å². The molecule has 0 aliphatic rings. The molecule has 1 rings (SSSR count). The molecule has 2 N–H and O–H groups in total. The van der Waals surface area contributed by atoms with Gasteiger partial charge in [-0.25, -0.2) is 4.79 Å². The average Bonchev–Trinajstić information content (AvgIpc) is 2.33. The van der Waals surface area contributed by atoms with Gasteiger partial charge in [0.25, 0.3) is 5.91 Å². The van der Waals surface area contributed by atoms with Crippen LogP contribution in [0.2, 0.25) is 10.0 Å². The number of hydrogen-bond donors (Lipinski definition) is 2. The number of aliphatic carboxylic acids is 1. The number of carbonyl (C=O) groups is 2. The molecule has 0 unspecified atom stereocenters. The molecule has 1 amide bonds. The number of hydrogen-bond acceptors (Lipinski definition) is 2. The molecule has 4 nitrogen and oxygen atoms in total. The molecule has 0 spiro atoms. The monoisotopic (exact) mass is 301 g/mol. The van der Waals surface area contributed by atoms with Crippen molar-refractivity contribution < 1.29 is 14.7 Å². The van der Waals surface area contributed by atoms with Crippen molar-refractivity contribution in [3.63, 3.8) is 0 Å². The summed E-state index contributed by atoms with van der Waals surface area (Å²) in [6.07, 6.45) is 0. The summed E-state index contributed by atoms with van der Waals surface area (Å²) in [5.74, 6) is -1.66. The molecule has 0 aliphatic heterocycles. The predicted octanol–water partition coefficient (Wildman–Crippen LogP) is 3.66. The molecule has 0 bridgehead atoms. The first-order valence-electron chi connectivity index (χ1n) is 5.41. The zero-order chi connectivity index (χ0) is 14.7. The van der Waals surface area contributed by atoms with Gasteiger partial charge in [-0.15, -0.1) is 0 Å². The minimum atomic E-state index is -1.14. The van der Waals surface area contributed by atoms with Gasteiger partial charge in [-0.2, -0.15) is 0 Å². The average molecular weight is 302 g/mol. The summed E-state index contributed by atoms with van der Waals surface area (Å²) >= 11 is 11.9. The lowest BCUT2D eigenvalue weighted by Crippen LogP contribution is -2.16. The van der Waals surface area contributed by atoms with E-state index in [1.807, 2.05) is 0 Å². The highest BCUT2D eigenvalue weighted by atomic mass is 35.5. The second-order valence-corrected chi connectivity index (χ2v) is 4.90. The third kappa shape index (κ3) is 3.72. The predicted molar refractivity (Wildman–Crippen MR) is 75.8 cm³/mol. The zero-order valence-corrected chi connectivity index (χ0v) is 12.2. The van der Waals surface area contributed by atoms with Gasteiger partial charge in [-0.1, -0.05) is 23.2 Å². The van der Waals surface area contributed by atoms with E-state index in [1.54, 1.807) is 13.0 Å². The van der Waals surface area contributed by atoms with Crippen LogP contribution in [0.25, 0.3) is 0 Å². The molecule has 0 saturated carbocycles. The van der Waals surface area contributed by atoms with Crippen LogP contribution in [0.15, 0.2) is 23.3 Å². The van der Waals surface area contributed by atoms with Crippen molar-refractivity contribution in [3.05, 3.63) is 38.9 Å². The van der Waals surface area contributed by atoms with Gasteiger partial charge in [0.2, 0.25) is 0 Å². The van der Waals surface area contributed by atoms with Crippen molar-refractivity contribution in [1.82, 2.24) is 0 Å². The summed E-state index contributed by atoms with van der Waals surface area (Å²) in [5, 5.41) is 12.2. The fourth-order valence-electron chi connectivity index (χ4n) is 1.29. The zero-order valence-electron chi connectivity index (χ0n) is 10.7. The van der Waals surface area contributed by atoms with E-state index in [4.69, 9.17) is 28.3 Å². The molecule has 0 heterocycles. The number of halogens is 2. The van der Waals surface area contributed by atoms with Gasteiger partial charge in [-0.3, -0.25) is 4.79 Å². The highest BCUT2D eigenvalue weighted by Gasteiger charge is 2.14. The highest BCUT2D eigenvalue weighted by Crippen LogP contribution is 2.29. The van der Waals surface area contributed by atoms with Crippen molar-refractivity contribution in [3.8, 4) is 0 Å². The number of aryl methyl sites for hydroxylation is 1. The van der Waals surface area contributed by atoms with Crippen LogP contribution >= 0.6 is 23.2 Å². The largest absolute Gasteiger partial charge is 0.478 e. The van der Waals surface area contributed by atoms with Gasteiger partial charge in [-0.05, 0) is 38.5 Å². The molecule has 0 atom stereocenters. The molecule has 0 aromatic heterocycles. The molecular weight excluding hydrogens is 289 g/mol. The molecule has 6 heteroatoms. The van der Waals surface area contributed by atoms with Crippen LogP contribution < -0.4 is 5.32 Å². The maximum atomic E-state index is 11.9. The number of carboxylic acid groups (broad SMARTS) is 1. The summed E-state index contributed by atoms with van der Waals surface area (Å²) < 4.78 is 0. The maximum Gasteiger partial charge on any atom is 0.331 e. The van der Waals surface area contributed by atoms with Crippen molar-refractivity contribution >= 4 is 40.8 Å². The van der Waals surface area contributed by atoms with Crippen molar-refractivity contribution in [2.45, 2.75) is 20.8 Å². The second-order valence-electron chi connectivity index (χ2n) is 4.09. The molecular formula is C13H13Cl2NO3. The molecule has 0 saturated heterocycles. The van der Waals surface area contributed by atoms with E-state index in [2.05, 4.69) is 5.32 Å². The Kier molecular flexibility index (Phi) is 4.97. The number of amides is 1. The Balaban J connectivity index is 3.05. The van der Waals surface area contributed by atoms with Gasteiger partial charge in [0, 0.05) is 16.2 Å². The van der Waals surface area contributed by atoms with Crippen LogP contribution in [-0.2, 0) is 9.59 Å². The Morgan fingerprint density at radius 3 is 2.21 bits per heavy atom. The lowest BCUT2D eigenvalue weighted by atomic mass is 10.1. The fourth-order valence-corrected chi connectivity index (χ4v) is 1.72. The van der Waals surface area contributed by atoms with Gasteiger partial charge >= 0.3 is 5.97 Å². The minimum Gasteiger partial charge on any atom is -0.478 e. The van der Waals surface area contributed by atoms with Crippen molar-refractivity contribution in [2.24, 2.45) is 0 Å². The molecule has 0 radical (unpaired) electrons. The van der Waals surface area contributed by atoms with E-state index in [1.165, 1.54) is 19.9 Å². The number of carboxylic acids is 1. The lowest BCUT2D eigenvalue weighted by molar-refractivity contribution is -0.133. The Labute approximate surface area is 121 Å². The van der Waals surface area contributed by atoms with Crippen LogP contribution in [0.5, 0.6) is 0 Å². The number of benzene rings is 1. The van der Waals surface area contributed by atoms with Crippen molar-refractivity contribution in [1.29, 1.82) is 0 Å². The summed E-state index contributed by atoms with van der Waals surface area (Å²) in [6, 6.07) is 3.16. The Morgan fingerprint density at radius 1 is 1.11 bits per heavy atom. The Bertz CT molecular complexity index is 579. The van der Waals surface area contributed by atoms with Crippen LogP contribution in [-0.4, -0.2) is 17.0 Å². The fraction of sp³-hybridized carbons (Fsp3) is 0.231. The van der Waals surface area contributed by atoms with Crippen LogP contribution in [0, 0.1) is 6.92 Å². The Morgan fingerprint density at radius 2 is 1.68 bits per heavy atom. The van der Waals surface area contributed by atoms with Gasteiger partial charge in [0.15, 0.2) is 0 Å². The first-order chi connectivity index (χ1) is 8.73. The Hall–Kier alpha value is -1.52. The van der Waals surface area contributed by atoms with E-state index in [9.17, 15) is 9.59 Å². The topological polar surface area (TPSA) is 66.4 Å². The van der Waals surface area contributed by atoms with E-state index in [0.29, 0.717) is 15.7 Å². The SMILES string of the molecule is C/C(C(=O)O)=C(/C)C(=O)Nc1cc(Cl)c(C)cc1Cl. The number of anilines is 1. The van der Waals surface area contributed by atoms with Crippen LogP contribution in [0.1, 0.15) is 19.4 Å². The summed E-state index contributed by atoms with van der Waals surface area (Å²) in [5.41, 5.74) is 1.23. The minimum absolute atomic E-state index is 0.0215. The number of carbonyl (C=O) groups excluding carboxylic acids is 1. The van der Waals surface area contributed by atoms with E-state index in [-0.39, 0.29) is 11.1 Å². The van der Waals surface area contributed by atoms with Gasteiger partial charge in [0.05, 0.1) is 10.7 Å². The third-order valence-corrected chi connectivity index (χ3v) is 3.44. The first-order valence-corrected chi connectivity index (χ1v) is 6.17. The molecule has 19 heavy (non-hydrogen) atoms. The van der Waals surface area contributed by atoms with Crippen LogP contribution in [0.3, 0.4) is 0 Å². The highest BCUT2D eigenvalue weighted by molar-refractivity contribution is 6.36. The summed E-state index contributed by atoms with van der Waals surface area (Å²) in [6.45, 7) is 4.59. The van der Waals surface area contributed by atoms with Gasteiger partial charge < -0.3 is 10.4 Å². The van der Waals surface area contributed by atoms with E-state index in [0.717, 1.165) is 5.56 Å². The molecule has 1 aromatic rings. The van der Waals surface area contributed by atoms with Crippen LogP contribution in [0.4, 0.5) is 5.69 Å². The molecule has 1 aromatic carbocycles. The molecule has 0 aliphatic carbocycles. The lowest BCUT2D eigenvalue weighted by Gasteiger charge is -2.10.